The van der Waals surface area contributed by atoms with E-state index >= 15 is 0 Å². The van der Waals surface area contributed by atoms with Crippen LogP contribution in [0.4, 0.5) is 0 Å². The Kier molecular flexibility index (Phi) is 4.83. The zero-order valence-corrected chi connectivity index (χ0v) is 19.4. The van der Waals surface area contributed by atoms with Gasteiger partial charge in [0, 0.05) is 16.5 Å². The van der Waals surface area contributed by atoms with Gasteiger partial charge in [-0.3, -0.25) is 9.63 Å². The van der Waals surface area contributed by atoms with E-state index in [0.29, 0.717) is 11.5 Å². The maximum absolute atomic E-state index is 13.5. The molecule has 1 aromatic rings. The van der Waals surface area contributed by atoms with Crippen molar-refractivity contribution in [1.82, 2.24) is 5.48 Å². The first-order valence-electron chi connectivity index (χ1n) is 10.8. The van der Waals surface area contributed by atoms with E-state index in [1.165, 1.54) is 25.7 Å². The maximum Gasteiger partial charge on any atom is 0.275 e. The van der Waals surface area contributed by atoms with Gasteiger partial charge in [0.25, 0.3) is 5.91 Å². The molecule has 0 aromatic heterocycles. The number of benzene rings is 1. The first-order valence-corrected chi connectivity index (χ1v) is 12.5. The molecule has 2 saturated carbocycles. The van der Waals surface area contributed by atoms with Crippen molar-refractivity contribution in [3.63, 3.8) is 0 Å². The minimum Gasteiger partial charge on any atom is -0.508 e. The standard InChI is InChI=1S/C23H33NO5S/c1-21(2)8-6-9-22(3)17(21)7-10-23(4)18(22)13-30(27,28)16-12-14(20(26)24-29-5)11-15(25)19(16)23/h11-12,17-18,25H,6-10,13H2,1-5H3,(H,24,26). The molecule has 2 N–H and O–H groups in total. The smallest absolute Gasteiger partial charge is 0.275 e. The minimum atomic E-state index is -3.65. The van der Waals surface area contributed by atoms with Crippen molar-refractivity contribution in [2.75, 3.05) is 12.9 Å². The topological polar surface area (TPSA) is 92.7 Å². The number of sulfone groups is 1. The van der Waals surface area contributed by atoms with Crippen molar-refractivity contribution < 1.29 is 23.2 Å². The van der Waals surface area contributed by atoms with Crippen molar-refractivity contribution in [2.45, 2.75) is 70.1 Å². The molecule has 1 heterocycles. The molecule has 0 bridgehead atoms. The minimum absolute atomic E-state index is 0.0639. The van der Waals surface area contributed by atoms with Crippen molar-refractivity contribution in [3.05, 3.63) is 23.3 Å². The molecular weight excluding hydrogens is 402 g/mol. The Balaban J connectivity index is 1.89. The van der Waals surface area contributed by atoms with Gasteiger partial charge in [0.1, 0.15) is 5.75 Å². The number of hydrogen-bond acceptors (Lipinski definition) is 5. The zero-order valence-electron chi connectivity index (χ0n) is 18.5. The highest BCUT2D eigenvalue weighted by molar-refractivity contribution is 7.91. The van der Waals surface area contributed by atoms with Crippen LogP contribution in [-0.4, -0.2) is 32.3 Å². The summed E-state index contributed by atoms with van der Waals surface area (Å²) in [4.78, 5) is 17.0. The molecule has 2 aliphatic carbocycles. The van der Waals surface area contributed by atoms with Gasteiger partial charge >= 0.3 is 0 Å². The number of phenolic OH excluding ortho intramolecular Hbond substituents is 1. The molecular formula is C23H33NO5S. The van der Waals surface area contributed by atoms with E-state index in [9.17, 15) is 18.3 Å². The van der Waals surface area contributed by atoms with Gasteiger partial charge in [0.2, 0.25) is 0 Å². The molecule has 3 aliphatic rings. The lowest BCUT2D eigenvalue weighted by molar-refractivity contribution is -0.0984. The number of hydroxylamine groups is 1. The molecule has 6 nitrogen and oxygen atoms in total. The van der Waals surface area contributed by atoms with Crippen LogP contribution in [0.25, 0.3) is 0 Å². The first kappa shape index (κ1) is 21.6. The summed E-state index contributed by atoms with van der Waals surface area (Å²) in [6, 6.07) is 2.77. The summed E-state index contributed by atoms with van der Waals surface area (Å²) >= 11 is 0. The maximum atomic E-state index is 13.5. The monoisotopic (exact) mass is 435 g/mol. The Morgan fingerprint density at radius 3 is 2.50 bits per heavy atom. The summed E-state index contributed by atoms with van der Waals surface area (Å²) in [7, 11) is -2.34. The second-order valence-electron chi connectivity index (χ2n) is 10.7. The highest BCUT2D eigenvalue weighted by atomic mass is 32.2. The fourth-order valence-electron chi connectivity index (χ4n) is 7.34. The summed E-state index contributed by atoms with van der Waals surface area (Å²) < 4.78 is 26.9. The van der Waals surface area contributed by atoms with Crippen LogP contribution in [0.2, 0.25) is 0 Å². The van der Waals surface area contributed by atoms with Crippen LogP contribution in [-0.2, 0) is 20.1 Å². The van der Waals surface area contributed by atoms with E-state index in [2.05, 4.69) is 38.0 Å². The number of aromatic hydroxyl groups is 1. The lowest BCUT2D eigenvalue weighted by Gasteiger charge is -2.63. The molecule has 1 amide bonds. The normalized spacial score (nSPS) is 36.2. The predicted octanol–water partition coefficient (Wildman–Crippen LogP) is 3.97. The van der Waals surface area contributed by atoms with Crippen LogP contribution in [0, 0.1) is 22.7 Å². The number of rotatable bonds is 2. The summed E-state index contributed by atoms with van der Waals surface area (Å²) in [5, 5.41) is 11.0. The number of hydrogen-bond donors (Lipinski definition) is 2. The first-order chi connectivity index (χ1) is 13.9. The molecule has 166 valence electrons. The second-order valence-corrected chi connectivity index (χ2v) is 12.7. The van der Waals surface area contributed by atoms with E-state index < -0.39 is 21.2 Å². The highest BCUT2D eigenvalue weighted by Crippen LogP contribution is 2.67. The third kappa shape index (κ3) is 2.92. The Bertz CT molecular complexity index is 1000. The van der Waals surface area contributed by atoms with E-state index in [4.69, 9.17) is 0 Å². The van der Waals surface area contributed by atoms with Crippen LogP contribution in [0.1, 0.15) is 75.7 Å². The molecule has 7 heteroatoms. The van der Waals surface area contributed by atoms with Crippen molar-refractivity contribution in [1.29, 1.82) is 0 Å². The van der Waals surface area contributed by atoms with Crippen molar-refractivity contribution in [3.8, 4) is 5.75 Å². The van der Waals surface area contributed by atoms with Crippen LogP contribution in [0.5, 0.6) is 5.75 Å². The van der Waals surface area contributed by atoms with Gasteiger partial charge in [-0.25, -0.2) is 13.9 Å². The Morgan fingerprint density at radius 1 is 1.13 bits per heavy atom. The molecule has 0 spiro atoms. The van der Waals surface area contributed by atoms with E-state index in [0.717, 1.165) is 25.7 Å². The lowest BCUT2D eigenvalue weighted by Crippen LogP contribution is -2.59. The number of amides is 1. The molecule has 1 aliphatic heterocycles. The average Bonchev–Trinajstić information content (AvgIpc) is 2.63. The number of phenols is 1. The van der Waals surface area contributed by atoms with Gasteiger partial charge in [-0.2, -0.15) is 0 Å². The van der Waals surface area contributed by atoms with Gasteiger partial charge in [0.05, 0.1) is 17.8 Å². The largest absolute Gasteiger partial charge is 0.508 e. The molecule has 0 saturated heterocycles. The van der Waals surface area contributed by atoms with E-state index in [-0.39, 0.29) is 38.7 Å². The lowest BCUT2D eigenvalue weighted by atomic mass is 9.43. The summed E-state index contributed by atoms with van der Waals surface area (Å²) in [5.74, 6) is -0.230. The van der Waals surface area contributed by atoms with Crippen LogP contribution >= 0.6 is 0 Å². The van der Waals surface area contributed by atoms with E-state index in [1.807, 2.05) is 0 Å². The zero-order chi connectivity index (χ0) is 22.1. The Morgan fingerprint density at radius 2 is 1.83 bits per heavy atom. The van der Waals surface area contributed by atoms with Gasteiger partial charge < -0.3 is 5.11 Å². The van der Waals surface area contributed by atoms with Crippen LogP contribution in [0.3, 0.4) is 0 Å². The molecule has 4 atom stereocenters. The Hall–Kier alpha value is -1.60. The molecule has 4 rings (SSSR count). The highest BCUT2D eigenvalue weighted by Gasteiger charge is 2.62. The number of fused-ring (bicyclic) bond motifs is 5. The van der Waals surface area contributed by atoms with Crippen LogP contribution in [0.15, 0.2) is 17.0 Å². The quantitative estimate of drug-likeness (QED) is 0.686. The van der Waals surface area contributed by atoms with E-state index in [1.54, 1.807) is 0 Å². The van der Waals surface area contributed by atoms with Gasteiger partial charge in [-0.05, 0) is 60.5 Å². The third-order valence-electron chi connectivity index (χ3n) is 8.62. The van der Waals surface area contributed by atoms with Crippen molar-refractivity contribution in [2.24, 2.45) is 22.7 Å². The average molecular weight is 436 g/mol. The summed E-state index contributed by atoms with van der Waals surface area (Å²) in [6.45, 7) is 9.03. The van der Waals surface area contributed by atoms with Gasteiger partial charge in [0.15, 0.2) is 9.84 Å². The Labute approximate surface area is 179 Å². The fourth-order valence-corrected chi connectivity index (χ4v) is 9.66. The van der Waals surface area contributed by atoms with Gasteiger partial charge in [-0.15, -0.1) is 0 Å². The molecule has 1 aromatic carbocycles. The fraction of sp³-hybridized carbons (Fsp3) is 0.696. The summed E-state index contributed by atoms with van der Waals surface area (Å²) in [5.41, 5.74) is 2.41. The van der Waals surface area contributed by atoms with Crippen LogP contribution < -0.4 is 5.48 Å². The number of nitrogens with one attached hydrogen (secondary N) is 1. The summed E-state index contributed by atoms with van der Waals surface area (Å²) in [6.07, 6.45) is 5.13. The predicted molar refractivity (Wildman–Crippen MR) is 114 cm³/mol. The molecule has 2 fully saturated rings. The molecule has 0 radical (unpaired) electrons. The molecule has 30 heavy (non-hydrogen) atoms. The van der Waals surface area contributed by atoms with Crippen molar-refractivity contribution >= 4 is 15.7 Å². The molecule has 4 unspecified atom stereocenters. The third-order valence-corrected chi connectivity index (χ3v) is 10.4. The SMILES string of the molecule is CONC(=O)c1cc(O)c2c(c1)S(=O)(=O)CC1C2(C)CCC2C(C)(C)CCCC21C. The number of carbonyl (C=O) groups is 1. The second kappa shape index (κ2) is 6.70. The van der Waals surface area contributed by atoms with Gasteiger partial charge in [-0.1, -0.05) is 34.1 Å². The number of carbonyl (C=O) groups excluding carboxylic acids is 1.